The summed E-state index contributed by atoms with van der Waals surface area (Å²) in [6.07, 6.45) is 1.69. The average molecular weight is 248 g/mol. The summed E-state index contributed by atoms with van der Waals surface area (Å²) in [5.41, 5.74) is 0.0218. The average Bonchev–Trinajstić information content (AvgIpc) is 2.29. The van der Waals surface area contributed by atoms with Crippen molar-refractivity contribution in [1.29, 1.82) is 0 Å². The number of hydrogen-bond donors (Lipinski definition) is 0. The van der Waals surface area contributed by atoms with Crippen molar-refractivity contribution in [3.05, 3.63) is 51.8 Å². The summed E-state index contributed by atoms with van der Waals surface area (Å²) < 4.78 is 0.878. The summed E-state index contributed by atoms with van der Waals surface area (Å²) in [4.78, 5) is 17.1. The second-order valence-electron chi connectivity index (χ2n) is 3.43. The molecule has 2 aromatic heterocycles. The van der Waals surface area contributed by atoms with Gasteiger partial charge in [-0.1, -0.05) is 11.6 Å². The van der Waals surface area contributed by atoms with Crippen LogP contribution in [0.3, 0.4) is 0 Å². The topological polar surface area (TPSA) is 30.0 Å². The van der Waals surface area contributed by atoms with Gasteiger partial charge >= 0.3 is 0 Å². The van der Waals surface area contributed by atoms with E-state index in [4.69, 9.17) is 11.6 Å². The van der Waals surface area contributed by atoms with Gasteiger partial charge in [-0.25, -0.2) is 4.98 Å². The van der Waals surface area contributed by atoms with Gasteiger partial charge in [0.05, 0.1) is 5.39 Å². The molecular formula is C12H6ClNOS. The minimum atomic E-state index is 0.0218. The smallest absolute Gasteiger partial charge is 0.197 e. The highest BCUT2D eigenvalue weighted by Gasteiger charge is 2.06. The Morgan fingerprint density at radius 2 is 2.06 bits per heavy atom. The van der Waals surface area contributed by atoms with Crippen LogP contribution in [-0.4, -0.2) is 4.98 Å². The van der Waals surface area contributed by atoms with E-state index in [2.05, 4.69) is 4.98 Å². The zero-order chi connectivity index (χ0) is 11.1. The van der Waals surface area contributed by atoms with Crippen LogP contribution in [0.4, 0.5) is 0 Å². The van der Waals surface area contributed by atoms with E-state index >= 15 is 0 Å². The number of aromatic nitrogens is 1. The van der Waals surface area contributed by atoms with E-state index < -0.39 is 0 Å². The van der Waals surface area contributed by atoms with Crippen LogP contribution in [0.15, 0.2) is 41.3 Å². The molecule has 0 bridgehead atoms. The molecule has 0 saturated carbocycles. The quantitative estimate of drug-likeness (QED) is 0.570. The Morgan fingerprint density at radius 1 is 1.19 bits per heavy atom. The molecule has 2 heterocycles. The van der Waals surface area contributed by atoms with Gasteiger partial charge in [0.15, 0.2) is 5.43 Å². The van der Waals surface area contributed by atoms with E-state index in [1.54, 1.807) is 36.5 Å². The van der Waals surface area contributed by atoms with Gasteiger partial charge < -0.3 is 0 Å². The lowest BCUT2D eigenvalue weighted by molar-refractivity contribution is 1.44. The van der Waals surface area contributed by atoms with E-state index in [0.717, 1.165) is 9.53 Å². The first-order valence-electron chi connectivity index (χ1n) is 4.73. The fourth-order valence-corrected chi connectivity index (χ4v) is 2.95. The highest BCUT2D eigenvalue weighted by atomic mass is 35.5. The molecule has 3 aromatic rings. The van der Waals surface area contributed by atoms with Crippen LogP contribution < -0.4 is 5.43 Å². The zero-order valence-corrected chi connectivity index (χ0v) is 9.68. The van der Waals surface area contributed by atoms with E-state index in [1.807, 2.05) is 0 Å². The summed E-state index contributed by atoms with van der Waals surface area (Å²) in [6.45, 7) is 0. The van der Waals surface area contributed by atoms with Crippen molar-refractivity contribution >= 4 is 43.2 Å². The number of halogens is 1. The molecule has 4 heteroatoms. The molecule has 0 amide bonds. The Labute approximate surface area is 100 Å². The maximum atomic E-state index is 12.1. The molecule has 0 aliphatic rings. The van der Waals surface area contributed by atoms with Crippen LogP contribution in [0, 0.1) is 0 Å². The SMILES string of the molecule is O=c1c2ccc(Cl)cc2sc2ncccc12. The lowest BCUT2D eigenvalue weighted by Crippen LogP contribution is -2.01. The van der Waals surface area contributed by atoms with Gasteiger partial charge in [0.2, 0.25) is 0 Å². The summed E-state index contributed by atoms with van der Waals surface area (Å²) in [5.74, 6) is 0. The van der Waals surface area contributed by atoms with E-state index in [9.17, 15) is 4.79 Å². The number of benzene rings is 1. The zero-order valence-electron chi connectivity index (χ0n) is 8.11. The van der Waals surface area contributed by atoms with Crippen LogP contribution in [-0.2, 0) is 0 Å². The van der Waals surface area contributed by atoms with Gasteiger partial charge in [0.25, 0.3) is 0 Å². The normalized spacial score (nSPS) is 11.1. The van der Waals surface area contributed by atoms with Gasteiger partial charge in [-0.2, -0.15) is 0 Å². The van der Waals surface area contributed by atoms with Crippen molar-refractivity contribution in [1.82, 2.24) is 4.98 Å². The fourth-order valence-electron chi connectivity index (χ4n) is 1.66. The van der Waals surface area contributed by atoms with E-state index in [1.165, 1.54) is 11.3 Å². The molecule has 0 aliphatic heterocycles. The van der Waals surface area contributed by atoms with Gasteiger partial charge in [-0.3, -0.25) is 4.79 Å². The molecule has 0 aliphatic carbocycles. The predicted octanol–water partition coefficient (Wildman–Crippen LogP) is 3.46. The third-order valence-corrected chi connectivity index (χ3v) is 3.72. The van der Waals surface area contributed by atoms with Gasteiger partial charge in [0.1, 0.15) is 4.83 Å². The molecule has 0 spiro atoms. The Hall–Kier alpha value is -1.45. The van der Waals surface area contributed by atoms with Crippen molar-refractivity contribution in [3.63, 3.8) is 0 Å². The minimum Gasteiger partial charge on any atom is -0.288 e. The molecule has 78 valence electrons. The molecule has 1 aromatic carbocycles. The first kappa shape index (κ1) is 9.75. The summed E-state index contributed by atoms with van der Waals surface area (Å²) in [7, 11) is 0. The molecule has 0 radical (unpaired) electrons. The van der Waals surface area contributed by atoms with Crippen molar-refractivity contribution in [3.8, 4) is 0 Å². The molecule has 2 nitrogen and oxygen atoms in total. The van der Waals surface area contributed by atoms with Crippen LogP contribution in [0.5, 0.6) is 0 Å². The third kappa shape index (κ3) is 1.40. The largest absolute Gasteiger partial charge is 0.288 e. The number of rotatable bonds is 0. The Bertz CT molecular complexity index is 751. The Balaban J connectivity index is 2.61. The van der Waals surface area contributed by atoms with Crippen molar-refractivity contribution < 1.29 is 0 Å². The second-order valence-corrected chi connectivity index (χ2v) is 4.89. The first-order chi connectivity index (χ1) is 7.75. The molecule has 0 fully saturated rings. The molecule has 0 N–H and O–H groups in total. The van der Waals surface area contributed by atoms with Crippen LogP contribution in [0.1, 0.15) is 0 Å². The minimum absolute atomic E-state index is 0.0218. The molecular weight excluding hydrogens is 242 g/mol. The van der Waals surface area contributed by atoms with Crippen LogP contribution in [0.25, 0.3) is 20.3 Å². The van der Waals surface area contributed by atoms with Crippen molar-refractivity contribution in [2.24, 2.45) is 0 Å². The number of nitrogens with zero attached hydrogens (tertiary/aromatic N) is 1. The highest BCUT2D eigenvalue weighted by Crippen LogP contribution is 2.25. The summed E-state index contributed by atoms with van der Waals surface area (Å²) >= 11 is 7.39. The summed E-state index contributed by atoms with van der Waals surface area (Å²) in [5, 5.41) is 2.01. The van der Waals surface area contributed by atoms with E-state index in [0.29, 0.717) is 15.8 Å². The standard InChI is InChI=1S/C12H6ClNOS/c13-7-3-4-8-10(6-7)16-12-9(11(8)15)2-1-5-14-12/h1-6H. The maximum absolute atomic E-state index is 12.1. The number of pyridine rings is 1. The van der Waals surface area contributed by atoms with E-state index in [-0.39, 0.29) is 5.43 Å². The monoisotopic (exact) mass is 247 g/mol. The molecule has 0 atom stereocenters. The molecule has 0 saturated heterocycles. The second kappa shape index (κ2) is 3.54. The molecule has 0 unspecified atom stereocenters. The fraction of sp³-hybridized carbons (Fsp3) is 0. The highest BCUT2D eigenvalue weighted by molar-refractivity contribution is 7.24. The third-order valence-electron chi connectivity index (χ3n) is 2.41. The van der Waals surface area contributed by atoms with Crippen molar-refractivity contribution in [2.75, 3.05) is 0 Å². The molecule has 3 rings (SSSR count). The first-order valence-corrected chi connectivity index (χ1v) is 5.92. The van der Waals surface area contributed by atoms with Crippen molar-refractivity contribution in [2.45, 2.75) is 0 Å². The van der Waals surface area contributed by atoms with Gasteiger partial charge in [0, 0.05) is 21.3 Å². The maximum Gasteiger partial charge on any atom is 0.197 e. The van der Waals surface area contributed by atoms with Gasteiger partial charge in [-0.15, -0.1) is 11.3 Å². The Kier molecular flexibility index (Phi) is 2.16. The predicted molar refractivity (Wildman–Crippen MR) is 68.4 cm³/mol. The lowest BCUT2D eigenvalue weighted by atomic mass is 10.2. The van der Waals surface area contributed by atoms with Gasteiger partial charge in [-0.05, 0) is 30.3 Å². The molecule has 16 heavy (non-hydrogen) atoms. The number of fused-ring (bicyclic) bond motifs is 2. The van der Waals surface area contributed by atoms with Crippen LogP contribution in [0.2, 0.25) is 5.02 Å². The summed E-state index contributed by atoms with van der Waals surface area (Å²) in [6, 6.07) is 8.88. The number of hydrogen-bond acceptors (Lipinski definition) is 3. The lowest BCUT2D eigenvalue weighted by Gasteiger charge is -1.99. The Morgan fingerprint density at radius 3 is 2.94 bits per heavy atom. The van der Waals surface area contributed by atoms with Crippen LogP contribution >= 0.6 is 22.9 Å².